The molecule has 0 spiro atoms. The summed E-state index contributed by atoms with van der Waals surface area (Å²) < 4.78 is 0. The lowest BCUT2D eigenvalue weighted by molar-refractivity contribution is 0.0627. The maximum Gasteiger partial charge on any atom is 0.256 e. The largest absolute Gasteiger partial charge is 0.338 e. The number of rotatable bonds is 1. The number of hydrogen-bond acceptors (Lipinski definition) is 2. The van der Waals surface area contributed by atoms with E-state index in [1.165, 1.54) is 0 Å². The minimum absolute atomic E-state index is 0.0529. The van der Waals surface area contributed by atoms with E-state index >= 15 is 0 Å². The van der Waals surface area contributed by atoms with Gasteiger partial charge < -0.3 is 4.90 Å². The smallest absolute Gasteiger partial charge is 0.256 e. The highest BCUT2D eigenvalue weighted by Crippen LogP contribution is 2.25. The Morgan fingerprint density at radius 3 is 2.67 bits per heavy atom. The number of pyridine rings is 1. The third-order valence-electron chi connectivity index (χ3n) is 3.67. The van der Waals surface area contributed by atoms with E-state index in [2.05, 4.69) is 18.8 Å². The van der Waals surface area contributed by atoms with E-state index in [1.54, 1.807) is 12.1 Å². The number of carbonyl (C=O) groups excluding carboxylic acids is 1. The Morgan fingerprint density at radius 1 is 1.33 bits per heavy atom. The van der Waals surface area contributed by atoms with Crippen molar-refractivity contribution < 1.29 is 4.79 Å². The minimum atomic E-state index is -0.0529. The molecule has 1 amide bonds. The molecule has 0 aromatic carbocycles. The van der Waals surface area contributed by atoms with Crippen LogP contribution < -0.4 is 0 Å². The van der Waals surface area contributed by atoms with Crippen molar-refractivity contribution in [2.24, 2.45) is 11.8 Å². The molecule has 0 aliphatic carbocycles. The topological polar surface area (TPSA) is 33.2 Å². The predicted octanol–water partition coefficient (Wildman–Crippen LogP) is 3.51. The average molecular weight is 287 g/mol. The van der Waals surface area contributed by atoms with Crippen molar-refractivity contribution in [2.75, 3.05) is 13.1 Å². The van der Waals surface area contributed by atoms with E-state index in [0.29, 0.717) is 22.6 Å². The van der Waals surface area contributed by atoms with Crippen LogP contribution in [-0.2, 0) is 0 Å². The summed E-state index contributed by atoms with van der Waals surface area (Å²) in [6.45, 7) is 5.96. The van der Waals surface area contributed by atoms with E-state index in [0.717, 1.165) is 19.5 Å². The fraction of sp³-hybridized carbons (Fsp3) is 0.538. The van der Waals surface area contributed by atoms with Crippen LogP contribution in [0.5, 0.6) is 0 Å². The van der Waals surface area contributed by atoms with Gasteiger partial charge in [-0.25, -0.2) is 4.98 Å². The molecule has 1 fully saturated rings. The quantitative estimate of drug-likeness (QED) is 0.741. The molecule has 3 nitrogen and oxygen atoms in total. The summed E-state index contributed by atoms with van der Waals surface area (Å²) >= 11 is 11.7. The van der Waals surface area contributed by atoms with Crippen molar-refractivity contribution in [3.63, 3.8) is 0 Å². The number of hydrogen-bond donors (Lipinski definition) is 0. The first-order valence-electron chi connectivity index (χ1n) is 6.10. The molecule has 1 aliphatic heterocycles. The molecule has 2 unspecified atom stereocenters. The van der Waals surface area contributed by atoms with E-state index in [9.17, 15) is 4.79 Å². The van der Waals surface area contributed by atoms with Gasteiger partial charge in [-0.3, -0.25) is 4.79 Å². The fourth-order valence-electron chi connectivity index (χ4n) is 2.19. The summed E-state index contributed by atoms with van der Waals surface area (Å²) in [4.78, 5) is 18.1. The van der Waals surface area contributed by atoms with Crippen LogP contribution in [0.2, 0.25) is 10.3 Å². The normalized spacial score (nSPS) is 24.1. The highest BCUT2D eigenvalue weighted by Gasteiger charge is 2.27. The maximum absolute atomic E-state index is 12.3. The molecule has 1 aromatic heterocycles. The van der Waals surface area contributed by atoms with Crippen LogP contribution in [0.15, 0.2) is 12.1 Å². The lowest BCUT2D eigenvalue weighted by atomic mass is 9.88. The molecule has 2 rings (SSSR count). The van der Waals surface area contributed by atoms with Gasteiger partial charge in [-0.1, -0.05) is 37.0 Å². The van der Waals surface area contributed by atoms with Crippen molar-refractivity contribution in [3.05, 3.63) is 28.0 Å². The SMILES string of the molecule is CC1CCN(C(=O)c2ccc(Cl)nc2Cl)CC1C. The average Bonchev–Trinajstić information content (AvgIpc) is 2.32. The molecule has 18 heavy (non-hydrogen) atoms. The van der Waals surface area contributed by atoms with Crippen molar-refractivity contribution >= 4 is 29.1 Å². The number of carbonyl (C=O) groups is 1. The van der Waals surface area contributed by atoms with E-state index < -0.39 is 0 Å². The molecule has 0 bridgehead atoms. The van der Waals surface area contributed by atoms with Gasteiger partial charge in [0.25, 0.3) is 5.91 Å². The zero-order chi connectivity index (χ0) is 13.3. The Balaban J connectivity index is 2.16. The predicted molar refractivity (Wildman–Crippen MR) is 73.1 cm³/mol. The standard InChI is InChI=1S/C13H16Cl2N2O/c1-8-5-6-17(7-9(8)2)13(18)10-3-4-11(14)16-12(10)15/h3-4,8-9H,5-7H2,1-2H3. The van der Waals surface area contributed by atoms with Crippen molar-refractivity contribution in [1.82, 2.24) is 9.88 Å². The molecular weight excluding hydrogens is 271 g/mol. The first kappa shape index (κ1) is 13.6. The maximum atomic E-state index is 12.3. The molecular formula is C13H16Cl2N2O. The molecule has 98 valence electrons. The number of piperidine rings is 1. The van der Waals surface area contributed by atoms with Crippen LogP contribution in [0.1, 0.15) is 30.6 Å². The lowest BCUT2D eigenvalue weighted by Crippen LogP contribution is -2.42. The van der Waals surface area contributed by atoms with Gasteiger partial charge in [-0.05, 0) is 30.4 Å². The second-order valence-electron chi connectivity index (χ2n) is 4.97. The Hall–Kier alpha value is -0.800. The van der Waals surface area contributed by atoms with Crippen LogP contribution >= 0.6 is 23.2 Å². The van der Waals surface area contributed by atoms with Crippen molar-refractivity contribution in [3.8, 4) is 0 Å². The van der Waals surface area contributed by atoms with Crippen molar-refractivity contribution in [1.29, 1.82) is 0 Å². The van der Waals surface area contributed by atoms with Crippen LogP contribution in [0, 0.1) is 11.8 Å². The van der Waals surface area contributed by atoms with Gasteiger partial charge in [-0.2, -0.15) is 0 Å². The Kier molecular flexibility index (Phi) is 4.13. The molecule has 1 aromatic rings. The van der Waals surface area contributed by atoms with Gasteiger partial charge in [0.1, 0.15) is 10.3 Å². The molecule has 2 heterocycles. The number of halogens is 2. The molecule has 1 aliphatic rings. The molecule has 5 heteroatoms. The first-order chi connectivity index (χ1) is 8.49. The Morgan fingerprint density at radius 2 is 2.06 bits per heavy atom. The van der Waals surface area contributed by atoms with Crippen LogP contribution in [0.25, 0.3) is 0 Å². The lowest BCUT2D eigenvalue weighted by Gasteiger charge is -2.35. The van der Waals surface area contributed by atoms with Gasteiger partial charge in [0.05, 0.1) is 5.56 Å². The summed E-state index contributed by atoms with van der Waals surface area (Å²) in [5.41, 5.74) is 0.433. The monoisotopic (exact) mass is 286 g/mol. The van der Waals surface area contributed by atoms with Crippen LogP contribution in [0.4, 0.5) is 0 Å². The summed E-state index contributed by atoms with van der Waals surface area (Å²) in [6.07, 6.45) is 1.03. The van der Waals surface area contributed by atoms with Gasteiger partial charge in [0, 0.05) is 13.1 Å². The molecule has 0 radical (unpaired) electrons. The van der Waals surface area contributed by atoms with Gasteiger partial charge in [0.15, 0.2) is 0 Å². The van der Waals surface area contributed by atoms with Gasteiger partial charge in [0.2, 0.25) is 0 Å². The third-order valence-corrected chi connectivity index (χ3v) is 4.17. The first-order valence-corrected chi connectivity index (χ1v) is 6.86. The Labute approximate surface area is 117 Å². The van der Waals surface area contributed by atoms with Crippen LogP contribution in [0.3, 0.4) is 0 Å². The zero-order valence-electron chi connectivity index (χ0n) is 10.5. The highest BCUT2D eigenvalue weighted by atomic mass is 35.5. The summed E-state index contributed by atoms with van der Waals surface area (Å²) in [6, 6.07) is 3.24. The van der Waals surface area contributed by atoms with E-state index in [1.807, 2.05) is 4.90 Å². The Bertz CT molecular complexity index is 464. The third kappa shape index (κ3) is 2.78. The second-order valence-corrected chi connectivity index (χ2v) is 5.71. The minimum Gasteiger partial charge on any atom is -0.338 e. The number of likely N-dealkylation sites (tertiary alicyclic amines) is 1. The zero-order valence-corrected chi connectivity index (χ0v) is 12.0. The van der Waals surface area contributed by atoms with Gasteiger partial charge >= 0.3 is 0 Å². The number of nitrogens with zero attached hydrogens (tertiary/aromatic N) is 2. The van der Waals surface area contributed by atoms with Crippen LogP contribution in [-0.4, -0.2) is 28.9 Å². The molecule has 1 saturated heterocycles. The number of aromatic nitrogens is 1. The summed E-state index contributed by atoms with van der Waals surface area (Å²) in [5, 5.41) is 0.482. The highest BCUT2D eigenvalue weighted by molar-refractivity contribution is 6.34. The molecule has 0 N–H and O–H groups in total. The molecule has 0 saturated carbocycles. The summed E-state index contributed by atoms with van der Waals surface area (Å²) in [5.74, 6) is 1.12. The fourth-order valence-corrected chi connectivity index (χ4v) is 2.61. The van der Waals surface area contributed by atoms with Crippen molar-refractivity contribution in [2.45, 2.75) is 20.3 Å². The second kappa shape index (κ2) is 5.45. The van der Waals surface area contributed by atoms with Gasteiger partial charge in [-0.15, -0.1) is 0 Å². The molecule has 2 atom stereocenters. The summed E-state index contributed by atoms with van der Waals surface area (Å²) in [7, 11) is 0. The number of amides is 1. The van der Waals surface area contributed by atoms with E-state index in [4.69, 9.17) is 23.2 Å². The van der Waals surface area contributed by atoms with E-state index in [-0.39, 0.29) is 11.1 Å².